The van der Waals surface area contributed by atoms with Crippen LogP contribution in [0, 0.1) is 5.82 Å². The number of ether oxygens (including phenoxy) is 2. The molecule has 92 valence electrons. The number of carbonyl (C=O) groups is 2. The molecule has 0 aliphatic rings. The maximum absolute atomic E-state index is 13.1. The molecule has 0 spiro atoms. The molecule has 6 heteroatoms. The van der Waals surface area contributed by atoms with Gasteiger partial charge in [0.05, 0.1) is 18.4 Å². The van der Waals surface area contributed by atoms with Gasteiger partial charge in [-0.05, 0) is 25.1 Å². The molecule has 0 aromatic heterocycles. The Balaban J connectivity index is 2.76. The molecule has 0 aliphatic heterocycles. The lowest BCUT2D eigenvalue weighted by atomic mass is 10.2. The van der Waals surface area contributed by atoms with Crippen LogP contribution in [-0.2, 0) is 14.3 Å². The summed E-state index contributed by atoms with van der Waals surface area (Å²) in [5, 5.41) is 0. The molecule has 0 fully saturated rings. The Kier molecular flexibility index (Phi) is 4.03. The topological polar surface area (TPSA) is 78.6 Å². The van der Waals surface area contributed by atoms with Crippen LogP contribution >= 0.6 is 0 Å². The second-order valence-electron chi connectivity index (χ2n) is 3.31. The van der Waals surface area contributed by atoms with Crippen LogP contribution in [0.5, 0.6) is 0 Å². The molecule has 0 bridgehead atoms. The fourth-order valence-corrected chi connectivity index (χ4v) is 1.10. The van der Waals surface area contributed by atoms with Gasteiger partial charge in [0.1, 0.15) is 5.82 Å². The first-order chi connectivity index (χ1) is 7.95. The Hall–Kier alpha value is -2.11. The van der Waals surface area contributed by atoms with Crippen molar-refractivity contribution < 1.29 is 23.5 Å². The number of halogens is 1. The number of nitrogens with two attached hydrogens (primary N) is 1. The van der Waals surface area contributed by atoms with Gasteiger partial charge in [-0.1, -0.05) is 0 Å². The second kappa shape index (κ2) is 5.29. The maximum Gasteiger partial charge on any atom is 0.346 e. The number of hydrogen-bond acceptors (Lipinski definition) is 5. The van der Waals surface area contributed by atoms with Crippen LogP contribution in [-0.4, -0.2) is 25.2 Å². The lowest BCUT2D eigenvalue weighted by molar-refractivity contribution is -0.149. The number of benzene rings is 1. The molecular formula is C11H12FNO4. The monoisotopic (exact) mass is 241 g/mol. The smallest absolute Gasteiger partial charge is 0.346 e. The molecule has 2 N–H and O–H groups in total. The summed E-state index contributed by atoms with van der Waals surface area (Å²) in [7, 11) is 1.18. The number of methoxy groups -OCH3 is 1. The van der Waals surface area contributed by atoms with Gasteiger partial charge in [-0.2, -0.15) is 0 Å². The van der Waals surface area contributed by atoms with E-state index in [9.17, 15) is 14.0 Å². The third kappa shape index (κ3) is 3.17. The normalized spacial score (nSPS) is 11.7. The van der Waals surface area contributed by atoms with Gasteiger partial charge in [-0.15, -0.1) is 0 Å². The summed E-state index contributed by atoms with van der Waals surface area (Å²) >= 11 is 0. The minimum absolute atomic E-state index is 0.0209. The van der Waals surface area contributed by atoms with E-state index in [-0.39, 0.29) is 11.3 Å². The molecule has 0 saturated heterocycles. The lowest BCUT2D eigenvalue weighted by Gasteiger charge is -2.10. The Bertz CT molecular complexity index is 447. The molecule has 1 aromatic rings. The standard InChI is InChI=1S/C11H12FNO4/c1-6(10(14)16-2)17-11(15)7-3-4-9(13)8(12)5-7/h3-6H,13H2,1-2H3. The summed E-state index contributed by atoms with van der Waals surface area (Å²) in [6.07, 6.45) is -1.05. The highest BCUT2D eigenvalue weighted by atomic mass is 19.1. The molecule has 17 heavy (non-hydrogen) atoms. The lowest BCUT2D eigenvalue weighted by Crippen LogP contribution is -2.25. The van der Waals surface area contributed by atoms with Crippen molar-refractivity contribution in [2.24, 2.45) is 0 Å². The van der Waals surface area contributed by atoms with Crippen LogP contribution in [0.2, 0.25) is 0 Å². The van der Waals surface area contributed by atoms with Gasteiger partial charge >= 0.3 is 11.9 Å². The predicted octanol–water partition coefficient (Wildman–Crippen LogP) is 1.13. The van der Waals surface area contributed by atoms with Gasteiger partial charge in [0.2, 0.25) is 0 Å². The van der Waals surface area contributed by atoms with E-state index in [0.717, 1.165) is 6.07 Å². The van der Waals surface area contributed by atoms with Gasteiger partial charge in [-0.3, -0.25) is 0 Å². The molecule has 0 heterocycles. The van der Waals surface area contributed by atoms with E-state index >= 15 is 0 Å². The largest absolute Gasteiger partial charge is 0.466 e. The van der Waals surface area contributed by atoms with E-state index in [0.29, 0.717) is 0 Å². The SMILES string of the molecule is COC(=O)C(C)OC(=O)c1ccc(N)c(F)c1. The molecule has 0 amide bonds. The number of carbonyl (C=O) groups excluding carboxylic acids is 2. The minimum Gasteiger partial charge on any atom is -0.466 e. The van der Waals surface area contributed by atoms with Gasteiger partial charge in [0, 0.05) is 0 Å². The molecule has 0 aliphatic carbocycles. The van der Waals surface area contributed by atoms with E-state index in [4.69, 9.17) is 10.5 Å². The predicted molar refractivity (Wildman–Crippen MR) is 57.7 cm³/mol. The number of anilines is 1. The number of esters is 2. The summed E-state index contributed by atoms with van der Waals surface area (Å²) in [6.45, 7) is 1.36. The van der Waals surface area contributed by atoms with Crippen LogP contribution in [0.1, 0.15) is 17.3 Å². The molecular weight excluding hydrogens is 229 g/mol. The van der Waals surface area contributed by atoms with Crippen molar-refractivity contribution in [1.82, 2.24) is 0 Å². The second-order valence-corrected chi connectivity index (χ2v) is 3.31. The zero-order valence-electron chi connectivity index (χ0n) is 9.40. The summed E-state index contributed by atoms with van der Waals surface area (Å²) in [4.78, 5) is 22.5. The zero-order valence-corrected chi connectivity index (χ0v) is 9.40. The van der Waals surface area contributed by atoms with Crippen LogP contribution in [0.4, 0.5) is 10.1 Å². The first kappa shape index (κ1) is 13.0. The summed E-state index contributed by atoms with van der Waals surface area (Å²) in [5.74, 6) is -2.22. The van der Waals surface area contributed by atoms with Crippen molar-refractivity contribution in [3.05, 3.63) is 29.6 Å². The average molecular weight is 241 g/mol. The molecule has 1 atom stereocenters. The highest BCUT2D eigenvalue weighted by Gasteiger charge is 2.19. The average Bonchev–Trinajstić information content (AvgIpc) is 2.31. The molecule has 0 radical (unpaired) electrons. The van der Waals surface area contributed by atoms with Crippen molar-refractivity contribution in [3.8, 4) is 0 Å². The van der Waals surface area contributed by atoms with Crippen LogP contribution in [0.25, 0.3) is 0 Å². The van der Waals surface area contributed by atoms with E-state index < -0.39 is 23.9 Å². The van der Waals surface area contributed by atoms with E-state index in [2.05, 4.69) is 4.74 Å². The van der Waals surface area contributed by atoms with Crippen molar-refractivity contribution in [1.29, 1.82) is 0 Å². The van der Waals surface area contributed by atoms with E-state index in [1.165, 1.54) is 26.2 Å². The Morgan fingerprint density at radius 2 is 2.06 bits per heavy atom. The van der Waals surface area contributed by atoms with Crippen LogP contribution in [0.15, 0.2) is 18.2 Å². The molecule has 1 unspecified atom stereocenters. The molecule has 1 rings (SSSR count). The van der Waals surface area contributed by atoms with Gasteiger partial charge < -0.3 is 15.2 Å². The first-order valence-corrected chi connectivity index (χ1v) is 4.79. The number of nitrogen functional groups attached to an aromatic ring is 1. The van der Waals surface area contributed by atoms with Crippen molar-refractivity contribution >= 4 is 17.6 Å². The Labute approximate surface area is 97.3 Å². The summed E-state index contributed by atoms with van der Waals surface area (Å²) in [5.41, 5.74) is 5.17. The maximum atomic E-state index is 13.1. The minimum atomic E-state index is -1.05. The summed E-state index contributed by atoms with van der Waals surface area (Å²) < 4.78 is 22.2. The molecule has 5 nitrogen and oxygen atoms in total. The van der Waals surface area contributed by atoms with Gasteiger partial charge in [-0.25, -0.2) is 14.0 Å². The highest BCUT2D eigenvalue weighted by molar-refractivity contribution is 5.91. The summed E-state index contributed by atoms with van der Waals surface area (Å²) in [6, 6.07) is 3.50. The van der Waals surface area contributed by atoms with Crippen LogP contribution < -0.4 is 5.73 Å². The highest BCUT2D eigenvalue weighted by Crippen LogP contribution is 2.13. The van der Waals surface area contributed by atoms with Gasteiger partial charge in [0.15, 0.2) is 6.10 Å². The van der Waals surface area contributed by atoms with Crippen molar-refractivity contribution in [2.75, 3.05) is 12.8 Å². The Morgan fingerprint density at radius 3 is 2.59 bits per heavy atom. The number of hydrogen-bond donors (Lipinski definition) is 1. The fraction of sp³-hybridized carbons (Fsp3) is 0.273. The molecule has 0 saturated carbocycles. The van der Waals surface area contributed by atoms with Crippen molar-refractivity contribution in [3.63, 3.8) is 0 Å². The fourth-order valence-electron chi connectivity index (χ4n) is 1.10. The van der Waals surface area contributed by atoms with E-state index in [1.54, 1.807) is 0 Å². The zero-order chi connectivity index (χ0) is 13.0. The third-order valence-corrected chi connectivity index (χ3v) is 2.05. The molecule has 1 aromatic carbocycles. The van der Waals surface area contributed by atoms with E-state index in [1.807, 2.05) is 0 Å². The first-order valence-electron chi connectivity index (χ1n) is 4.79. The van der Waals surface area contributed by atoms with Crippen molar-refractivity contribution in [2.45, 2.75) is 13.0 Å². The van der Waals surface area contributed by atoms with Crippen LogP contribution in [0.3, 0.4) is 0 Å². The van der Waals surface area contributed by atoms with Gasteiger partial charge in [0.25, 0.3) is 0 Å². The third-order valence-electron chi connectivity index (χ3n) is 2.05. The quantitative estimate of drug-likeness (QED) is 0.633. The Morgan fingerprint density at radius 1 is 1.41 bits per heavy atom. The number of rotatable bonds is 3.